The van der Waals surface area contributed by atoms with Gasteiger partial charge < -0.3 is 24.5 Å². The van der Waals surface area contributed by atoms with Crippen molar-refractivity contribution in [2.24, 2.45) is 11.8 Å². The van der Waals surface area contributed by atoms with E-state index < -0.39 is 28.7 Å². The number of thioether (sulfide) groups is 1. The molecule has 0 saturated carbocycles. The molecule has 2 fully saturated rings. The number of fused-ring (bicyclic) bond motifs is 2. The minimum absolute atomic E-state index is 0.170. The molecule has 3 aromatic carbocycles. The van der Waals surface area contributed by atoms with Gasteiger partial charge in [-0.3, -0.25) is 14.4 Å². The van der Waals surface area contributed by atoms with Crippen LogP contribution in [0.15, 0.2) is 97.1 Å². The van der Waals surface area contributed by atoms with Crippen molar-refractivity contribution in [2.75, 3.05) is 36.1 Å². The lowest BCUT2D eigenvalue weighted by Crippen LogP contribution is -2.54. The van der Waals surface area contributed by atoms with E-state index in [4.69, 9.17) is 16.3 Å². The van der Waals surface area contributed by atoms with Gasteiger partial charge in [-0.2, -0.15) is 0 Å². The minimum Gasteiger partial charge on any atom is -0.494 e. The number of anilines is 2. The molecule has 7 rings (SSSR count). The van der Waals surface area contributed by atoms with Crippen molar-refractivity contribution in [1.29, 1.82) is 0 Å². The molecule has 8 nitrogen and oxygen atoms in total. The summed E-state index contributed by atoms with van der Waals surface area (Å²) >= 11 is 8.22. The molecule has 10 heteroatoms. The third-order valence-corrected chi connectivity index (χ3v) is 11.8. The first-order chi connectivity index (χ1) is 22.8. The van der Waals surface area contributed by atoms with Crippen molar-refractivity contribution in [1.82, 2.24) is 4.90 Å². The Bertz CT molecular complexity index is 1740. The Kier molecular flexibility index (Phi) is 8.40. The van der Waals surface area contributed by atoms with Crippen LogP contribution in [0.2, 0.25) is 5.02 Å². The number of nitrogens with zero attached hydrogens (tertiary/aromatic N) is 3. The Labute approximate surface area is 283 Å². The molecule has 47 heavy (non-hydrogen) atoms. The Hall–Kier alpha value is -4.05. The number of hydrogen-bond acceptors (Lipinski definition) is 6. The van der Waals surface area contributed by atoms with Crippen LogP contribution in [0.4, 0.5) is 11.4 Å². The third kappa shape index (κ3) is 5.07. The number of halogens is 1. The lowest BCUT2D eigenvalue weighted by atomic mass is 9.78. The summed E-state index contributed by atoms with van der Waals surface area (Å²) in [6, 6.07) is 20.4. The standard InChI is InChI=1S/C37H36ClN3O5S/c1-3-46-26-17-15-25(16-18-26)39-20-8-14-29-30(34(39)43)31-35(44)41(28(22-42)24-11-5-4-6-12-24)33-36(45)40(21-9-19-37(31,33)47-29)32-23(2)10-7-13-27(32)38/h4-19,28-31,33,42H,3,20-22H2,1-2H3/t28-,29+,30-,31+,33?,37+/m1/s1. The number of para-hydroxylation sites is 1. The van der Waals surface area contributed by atoms with Crippen molar-refractivity contribution >= 4 is 52.5 Å². The molecule has 1 unspecified atom stereocenters. The predicted molar refractivity (Wildman–Crippen MR) is 185 cm³/mol. The largest absolute Gasteiger partial charge is 0.494 e. The van der Waals surface area contributed by atoms with E-state index in [9.17, 15) is 14.7 Å². The Morgan fingerprint density at radius 2 is 1.68 bits per heavy atom. The quantitative estimate of drug-likeness (QED) is 0.330. The van der Waals surface area contributed by atoms with Gasteiger partial charge >= 0.3 is 0 Å². The number of likely N-dealkylation sites (tertiary alicyclic amines) is 1. The molecule has 2 saturated heterocycles. The molecule has 4 aliphatic heterocycles. The molecule has 3 aromatic rings. The number of carbonyl (C=O) groups excluding carboxylic acids is 3. The van der Waals surface area contributed by atoms with Crippen LogP contribution in [0.1, 0.15) is 24.1 Å². The van der Waals surface area contributed by atoms with E-state index in [2.05, 4.69) is 0 Å². The second-order valence-corrected chi connectivity index (χ2v) is 14.2. The van der Waals surface area contributed by atoms with Gasteiger partial charge in [-0.1, -0.05) is 78.4 Å². The number of aryl methyl sites for hydroxylation is 1. The number of rotatable bonds is 7. The van der Waals surface area contributed by atoms with Crippen LogP contribution >= 0.6 is 23.4 Å². The first-order valence-electron chi connectivity index (χ1n) is 15.9. The first kappa shape index (κ1) is 31.5. The number of amides is 3. The molecule has 4 aliphatic rings. The summed E-state index contributed by atoms with van der Waals surface area (Å²) in [6.45, 7) is 4.58. The summed E-state index contributed by atoms with van der Waals surface area (Å²) < 4.78 is 4.56. The third-order valence-electron chi connectivity index (χ3n) is 9.71. The van der Waals surface area contributed by atoms with Gasteiger partial charge in [-0.25, -0.2) is 0 Å². The van der Waals surface area contributed by atoms with Crippen molar-refractivity contribution in [3.63, 3.8) is 0 Å². The second kappa shape index (κ2) is 12.5. The molecule has 0 radical (unpaired) electrons. The molecule has 3 amide bonds. The highest BCUT2D eigenvalue weighted by Crippen LogP contribution is 2.62. The number of aliphatic hydroxyl groups excluding tert-OH is 1. The molecule has 4 heterocycles. The summed E-state index contributed by atoms with van der Waals surface area (Å²) in [5.41, 5.74) is 2.84. The van der Waals surface area contributed by atoms with E-state index in [0.717, 1.165) is 5.56 Å². The topological polar surface area (TPSA) is 90.4 Å². The van der Waals surface area contributed by atoms with Crippen LogP contribution in [0.25, 0.3) is 0 Å². The van der Waals surface area contributed by atoms with Gasteiger partial charge in [0.05, 0.1) is 46.5 Å². The van der Waals surface area contributed by atoms with E-state index in [0.29, 0.717) is 40.9 Å². The van der Waals surface area contributed by atoms with E-state index >= 15 is 4.79 Å². The fourth-order valence-electron chi connectivity index (χ4n) is 7.73. The lowest BCUT2D eigenvalue weighted by Gasteiger charge is -2.39. The number of carbonyl (C=O) groups is 3. The molecule has 242 valence electrons. The van der Waals surface area contributed by atoms with Crippen molar-refractivity contribution in [3.8, 4) is 5.75 Å². The SMILES string of the molecule is CCOc1ccc(N2CC=C[C@@H]3S[C@]45C=CCN(c6c(C)cccc6Cl)C(=O)C4N([C@H](CO)c4ccccc4)C(=O)[C@@H]5[C@@H]3C2=O)cc1. The smallest absolute Gasteiger partial charge is 0.251 e. The number of benzene rings is 3. The highest BCUT2D eigenvalue weighted by molar-refractivity contribution is 8.02. The Morgan fingerprint density at radius 3 is 2.38 bits per heavy atom. The zero-order chi connectivity index (χ0) is 32.9. The highest BCUT2D eigenvalue weighted by Gasteiger charge is 2.72. The summed E-state index contributed by atoms with van der Waals surface area (Å²) in [5.74, 6) is -1.64. The number of ether oxygens (including phenoxy) is 1. The molecule has 0 aliphatic carbocycles. The van der Waals surface area contributed by atoms with Gasteiger partial charge in [0.2, 0.25) is 11.8 Å². The van der Waals surface area contributed by atoms with E-state index in [1.165, 1.54) is 11.8 Å². The van der Waals surface area contributed by atoms with Gasteiger partial charge in [-0.15, -0.1) is 11.8 Å². The summed E-state index contributed by atoms with van der Waals surface area (Å²) in [5, 5.41) is 11.0. The fourth-order valence-corrected chi connectivity index (χ4v) is 10.0. The first-order valence-corrected chi connectivity index (χ1v) is 17.2. The zero-order valence-corrected chi connectivity index (χ0v) is 27.7. The van der Waals surface area contributed by atoms with Crippen LogP contribution in [0.5, 0.6) is 5.75 Å². The Morgan fingerprint density at radius 1 is 0.936 bits per heavy atom. The molecule has 6 atom stereocenters. The fraction of sp³-hybridized carbons (Fsp3) is 0.324. The van der Waals surface area contributed by atoms with Gasteiger partial charge in [-0.05, 0) is 55.3 Å². The zero-order valence-electron chi connectivity index (χ0n) is 26.2. The molecule has 1 spiro atoms. The van der Waals surface area contributed by atoms with E-state index in [1.807, 2.05) is 105 Å². The van der Waals surface area contributed by atoms with Gasteiger partial charge in [0.15, 0.2) is 0 Å². The highest BCUT2D eigenvalue weighted by atomic mass is 35.5. The monoisotopic (exact) mass is 669 g/mol. The normalized spacial score (nSPS) is 27.3. The second-order valence-electron chi connectivity index (χ2n) is 12.3. The molecular formula is C37H36ClN3O5S. The van der Waals surface area contributed by atoms with E-state index in [-0.39, 0.29) is 36.1 Å². The van der Waals surface area contributed by atoms with Crippen LogP contribution in [0.3, 0.4) is 0 Å². The minimum atomic E-state index is -1.06. The van der Waals surface area contributed by atoms with Crippen LogP contribution < -0.4 is 14.5 Å². The van der Waals surface area contributed by atoms with Crippen molar-refractivity contribution in [2.45, 2.75) is 35.9 Å². The van der Waals surface area contributed by atoms with Crippen molar-refractivity contribution < 1.29 is 24.2 Å². The van der Waals surface area contributed by atoms with Crippen molar-refractivity contribution in [3.05, 3.63) is 113 Å². The maximum atomic E-state index is 15.0. The van der Waals surface area contributed by atoms with E-state index in [1.54, 1.807) is 20.8 Å². The average Bonchev–Trinajstić information content (AvgIpc) is 3.39. The Balaban J connectivity index is 1.35. The van der Waals surface area contributed by atoms with Gasteiger partial charge in [0, 0.05) is 24.0 Å². The summed E-state index contributed by atoms with van der Waals surface area (Å²) in [6.07, 6.45) is 7.90. The molecule has 0 bridgehead atoms. The lowest BCUT2D eigenvalue weighted by molar-refractivity contribution is -0.141. The summed E-state index contributed by atoms with van der Waals surface area (Å²) in [7, 11) is 0. The molecular weight excluding hydrogens is 634 g/mol. The van der Waals surface area contributed by atoms with Crippen LogP contribution in [-0.2, 0) is 14.4 Å². The molecule has 1 N–H and O–H groups in total. The summed E-state index contributed by atoms with van der Waals surface area (Å²) in [4.78, 5) is 49.6. The predicted octanol–water partition coefficient (Wildman–Crippen LogP) is 5.58. The van der Waals surface area contributed by atoms with Crippen LogP contribution in [0, 0.1) is 18.8 Å². The number of hydrogen-bond donors (Lipinski definition) is 1. The average molecular weight is 670 g/mol. The van der Waals surface area contributed by atoms with Gasteiger partial charge in [0.1, 0.15) is 11.8 Å². The van der Waals surface area contributed by atoms with Crippen LogP contribution in [-0.4, -0.2) is 70.1 Å². The maximum absolute atomic E-state index is 15.0. The van der Waals surface area contributed by atoms with Gasteiger partial charge in [0.25, 0.3) is 5.91 Å². The molecule has 0 aromatic heterocycles. The maximum Gasteiger partial charge on any atom is 0.251 e. The number of aliphatic hydroxyl groups is 1.